The maximum Gasteiger partial charge on any atom is 0.120 e. The Morgan fingerprint density at radius 2 is 1.95 bits per heavy atom. The number of hydrogen-bond donors (Lipinski definition) is 1. The lowest BCUT2D eigenvalue weighted by atomic mass is 9.92. The first-order valence-corrected chi connectivity index (χ1v) is 7.70. The van der Waals surface area contributed by atoms with Gasteiger partial charge < -0.3 is 9.84 Å². The van der Waals surface area contributed by atoms with Crippen LogP contribution >= 0.6 is 0 Å². The fourth-order valence-electron chi connectivity index (χ4n) is 2.84. The first-order chi connectivity index (χ1) is 9.54. The van der Waals surface area contributed by atoms with Gasteiger partial charge in [0.1, 0.15) is 5.75 Å². The van der Waals surface area contributed by atoms with Crippen LogP contribution in [0.25, 0.3) is 0 Å². The summed E-state index contributed by atoms with van der Waals surface area (Å²) in [6.45, 7) is 9.13. The molecule has 1 N–H and O–H groups in total. The summed E-state index contributed by atoms with van der Waals surface area (Å²) in [7, 11) is 0. The summed E-state index contributed by atoms with van der Waals surface area (Å²) in [5.74, 6) is 1.43. The molecule has 1 aromatic rings. The van der Waals surface area contributed by atoms with Crippen LogP contribution in [0.3, 0.4) is 0 Å². The van der Waals surface area contributed by atoms with Crippen molar-refractivity contribution in [3.63, 3.8) is 0 Å². The topological polar surface area (TPSA) is 32.7 Å². The van der Waals surface area contributed by atoms with Crippen LogP contribution in [-0.2, 0) is 6.54 Å². The van der Waals surface area contributed by atoms with Crippen LogP contribution in [-0.4, -0.2) is 35.3 Å². The molecule has 1 saturated heterocycles. The number of hydrogen-bond acceptors (Lipinski definition) is 3. The van der Waals surface area contributed by atoms with Gasteiger partial charge in [-0.3, -0.25) is 4.90 Å². The molecule has 0 radical (unpaired) electrons. The quantitative estimate of drug-likeness (QED) is 0.898. The first-order valence-electron chi connectivity index (χ1n) is 7.70. The van der Waals surface area contributed by atoms with E-state index < -0.39 is 0 Å². The highest BCUT2D eigenvalue weighted by Crippen LogP contribution is 2.23. The van der Waals surface area contributed by atoms with Gasteiger partial charge in [-0.2, -0.15) is 0 Å². The van der Waals surface area contributed by atoms with Crippen molar-refractivity contribution in [2.24, 2.45) is 5.92 Å². The fourth-order valence-corrected chi connectivity index (χ4v) is 2.84. The predicted molar refractivity (Wildman–Crippen MR) is 81.9 cm³/mol. The number of aliphatic hydroxyl groups is 1. The Hall–Kier alpha value is -1.06. The van der Waals surface area contributed by atoms with E-state index in [4.69, 9.17) is 4.74 Å². The minimum absolute atomic E-state index is 0.167. The summed E-state index contributed by atoms with van der Waals surface area (Å²) in [4.78, 5) is 2.47. The van der Waals surface area contributed by atoms with Crippen LogP contribution in [0.4, 0.5) is 0 Å². The molecule has 1 heterocycles. The average molecular weight is 277 g/mol. The predicted octanol–water partition coefficient (Wildman–Crippen LogP) is 3.07. The Balaban J connectivity index is 1.88. The van der Waals surface area contributed by atoms with Crippen molar-refractivity contribution in [3.05, 3.63) is 29.8 Å². The molecule has 1 fully saturated rings. The van der Waals surface area contributed by atoms with Crippen molar-refractivity contribution in [2.75, 3.05) is 13.1 Å². The summed E-state index contributed by atoms with van der Waals surface area (Å²) in [5.41, 5.74) is 1.30. The summed E-state index contributed by atoms with van der Waals surface area (Å²) < 4.78 is 5.74. The Morgan fingerprint density at radius 1 is 1.25 bits per heavy atom. The van der Waals surface area contributed by atoms with Crippen LogP contribution in [0.1, 0.15) is 39.2 Å². The number of likely N-dealkylation sites (tertiary alicyclic amines) is 1. The van der Waals surface area contributed by atoms with Crippen molar-refractivity contribution >= 4 is 0 Å². The second kappa shape index (κ2) is 7.09. The van der Waals surface area contributed by atoms with Gasteiger partial charge in [-0.05, 0) is 70.3 Å². The largest absolute Gasteiger partial charge is 0.491 e. The van der Waals surface area contributed by atoms with Gasteiger partial charge in [0.05, 0.1) is 12.2 Å². The second-order valence-electron chi connectivity index (χ2n) is 6.17. The van der Waals surface area contributed by atoms with Gasteiger partial charge in [-0.25, -0.2) is 0 Å². The van der Waals surface area contributed by atoms with Crippen molar-refractivity contribution in [1.29, 1.82) is 0 Å². The third-order valence-corrected chi connectivity index (χ3v) is 3.99. The highest BCUT2D eigenvalue weighted by atomic mass is 16.5. The van der Waals surface area contributed by atoms with E-state index in [1.165, 1.54) is 5.56 Å². The summed E-state index contributed by atoms with van der Waals surface area (Å²) in [6, 6.07) is 8.38. The van der Waals surface area contributed by atoms with E-state index in [0.29, 0.717) is 5.92 Å². The zero-order valence-corrected chi connectivity index (χ0v) is 12.9. The Kier molecular flexibility index (Phi) is 5.44. The molecule has 0 saturated carbocycles. The van der Waals surface area contributed by atoms with Crippen LogP contribution in [0.15, 0.2) is 24.3 Å². The highest BCUT2D eigenvalue weighted by Gasteiger charge is 2.22. The molecular formula is C17H27NO2. The van der Waals surface area contributed by atoms with E-state index in [0.717, 1.165) is 38.2 Å². The molecule has 1 atom stereocenters. The standard InChI is InChI=1S/C17H27NO2/c1-13(2)20-17-6-4-5-15(11-17)12-18-9-7-16(8-10-18)14(3)19/h4-6,11,13-14,16,19H,7-10,12H2,1-3H3. The number of rotatable bonds is 5. The Labute approximate surface area is 122 Å². The molecule has 1 aliphatic heterocycles. The molecule has 3 heteroatoms. The minimum atomic E-state index is -0.167. The number of ether oxygens (including phenoxy) is 1. The zero-order valence-electron chi connectivity index (χ0n) is 12.9. The van der Waals surface area contributed by atoms with Gasteiger partial charge >= 0.3 is 0 Å². The smallest absolute Gasteiger partial charge is 0.120 e. The summed E-state index contributed by atoms with van der Waals surface area (Å²) >= 11 is 0. The maximum absolute atomic E-state index is 9.64. The van der Waals surface area contributed by atoms with E-state index in [9.17, 15) is 5.11 Å². The molecule has 3 nitrogen and oxygen atoms in total. The summed E-state index contributed by atoms with van der Waals surface area (Å²) in [6.07, 6.45) is 2.24. The molecule has 0 bridgehead atoms. The van der Waals surface area contributed by atoms with Crippen molar-refractivity contribution in [1.82, 2.24) is 4.90 Å². The molecule has 1 unspecified atom stereocenters. The Morgan fingerprint density at radius 3 is 2.55 bits per heavy atom. The lowest BCUT2D eigenvalue weighted by Gasteiger charge is -2.33. The minimum Gasteiger partial charge on any atom is -0.491 e. The third kappa shape index (κ3) is 4.50. The van der Waals surface area contributed by atoms with E-state index in [1.54, 1.807) is 0 Å². The monoisotopic (exact) mass is 277 g/mol. The first kappa shape index (κ1) is 15.3. The normalized spacial score (nSPS) is 19.2. The van der Waals surface area contributed by atoms with Gasteiger partial charge in [-0.15, -0.1) is 0 Å². The molecule has 20 heavy (non-hydrogen) atoms. The van der Waals surface area contributed by atoms with Crippen LogP contribution in [0.2, 0.25) is 0 Å². The van der Waals surface area contributed by atoms with Crippen molar-refractivity contribution < 1.29 is 9.84 Å². The van der Waals surface area contributed by atoms with E-state index in [2.05, 4.69) is 23.1 Å². The Bertz CT molecular complexity index is 409. The molecule has 1 aliphatic rings. The number of nitrogens with zero attached hydrogens (tertiary/aromatic N) is 1. The van der Waals surface area contributed by atoms with Crippen LogP contribution in [0.5, 0.6) is 5.75 Å². The van der Waals surface area contributed by atoms with Crippen LogP contribution in [0, 0.1) is 5.92 Å². The van der Waals surface area contributed by atoms with E-state index in [-0.39, 0.29) is 12.2 Å². The fraction of sp³-hybridized carbons (Fsp3) is 0.647. The van der Waals surface area contributed by atoms with E-state index >= 15 is 0 Å². The lowest BCUT2D eigenvalue weighted by molar-refractivity contribution is 0.0695. The second-order valence-corrected chi connectivity index (χ2v) is 6.17. The van der Waals surface area contributed by atoms with Gasteiger partial charge in [0.15, 0.2) is 0 Å². The molecule has 0 spiro atoms. The van der Waals surface area contributed by atoms with Gasteiger partial charge in [0.2, 0.25) is 0 Å². The summed E-state index contributed by atoms with van der Waals surface area (Å²) in [5, 5.41) is 9.64. The van der Waals surface area contributed by atoms with Gasteiger partial charge in [0, 0.05) is 6.54 Å². The number of piperidine rings is 1. The van der Waals surface area contributed by atoms with Crippen LogP contribution < -0.4 is 4.74 Å². The van der Waals surface area contributed by atoms with Crippen molar-refractivity contribution in [3.8, 4) is 5.75 Å². The molecule has 2 rings (SSSR count). The average Bonchev–Trinajstić information content (AvgIpc) is 2.39. The van der Waals surface area contributed by atoms with Gasteiger partial charge in [-0.1, -0.05) is 12.1 Å². The van der Waals surface area contributed by atoms with Gasteiger partial charge in [0.25, 0.3) is 0 Å². The molecule has 1 aromatic carbocycles. The SMILES string of the molecule is CC(C)Oc1cccc(CN2CCC(C(C)O)CC2)c1. The third-order valence-electron chi connectivity index (χ3n) is 3.99. The molecule has 112 valence electrons. The highest BCUT2D eigenvalue weighted by molar-refractivity contribution is 5.28. The molecule has 0 amide bonds. The van der Waals surface area contributed by atoms with E-state index in [1.807, 2.05) is 26.8 Å². The zero-order chi connectivity index (χ0) is 14.5. The molecule has 0 aliphatic carbocycles. The molecular weight excluding hydrogens is 250 g/mol. The maximum atomic E-state index is 9.64. The van der Waals surface area contributed by atoms with Crippen molar-refractivity contribution in [2.45, 2.75) is 52.4 Å². The number of benzene rings is 1. The number of aliphatic hydroxyl groups excluding tert-OH is 1. The lowest BCUT2D eigenvalue weighted by Crippen LogP contribution is -2.36. The molecule has 0 aromatic heterocycles.